The largest absolute Gasteiger partial charge is 0.493 e. The topological polar surface area (TPSA) is 85.9 Å². The van der Waals surface area contributed by atoms with Gasteiger partial charge in [0, 0.05) is 6.54 Å². The summed E-state index contributed by atoms with van der Waals surface area (Å²) in [5.41, 5.74) is 4.06. The molecule has 3 aromatic carbocycles. The molecule has 0 unspecified atom stereocenters. The van der Waals surface area contributed by atoms with E-state index >= 15 is 0 Å². The smallest absolute Gasteiger partial charge is 0.253 e. The lowest BCUT2D eigenvalue weighted by molar-refractivity contribution is -0.116. The monoisotopic (exact) mass is 446 g/mol. The van der Waals surface area contributed by atoms with Crippen LogP contribution < -0.4 is 24.8 Å². The lowest BCUT2D eigenvalue weighted by atomic mass is 10.1. The summed E-state index contributed by atoms with van der Waals surface area (Å²) in [6, 6.07) is 18.3. The number of benzene rings is 3. The maximum Gasteiger partial charge on any atom is 0.253 e. The van der Waals surface area contributed by atoms with Crippen molar-refractivity contribution in [1.29, 1.82) is 0 Å². The molecule has 1 aliphatic rings. The first-order chi connectivity index (χ1) is 16.0. The van der Waals surface area contributed by atoms with E-state index in [1.807, 2.05) is 50.2 Å². The lowest BCUT2D eigenvalue weighted by Gasteiger charge is -2.12. The molecule has 4 rings (SSSR count). The molecule has 1 heterocycles. The Bertz CT molecular complexity index is 1180. The summed E-state index contributed by atoms with van der Waals surface area (Å²) in [6.07, 6.45) is 0.167. The van der Waals surface area contributed by atoms with E-state index in [0.717, 1.165) is 16.9 Å². The van der Waals surface area contributed by atoms with Gasteiger partial charge >= 0.3 is 0 Å². The molecule has 0 saturated heterocycles. The first kappa shape index (κ1) is 22.2. The second kappa shape index (κ2) is 10.1. The average Bonchev–Trinajstić information content (AvgIpc) is 3.28. The van der Waals surface area contributed by atoms with Gasteiger partial charge in [0.1, 0.15) is 5.75 Å². The van der Waals surface area contributed by atoms with Crippen LogP contribution in [0.1, 0.15) is 33.5 Å². The van der Waals surface area contributed by atoms with Crippen molar-refractivity contribution in [1.82, 2.24) is 5.32 Å². The quantitative estimate of drug-likeness (QED) is 0.537. The van der Waals surface area contributed by atoms with Crippen LogP contribution in [0, 0.1) is 13.8 Å². The van der Waals surface area contributed by atoms with E-state index < -0.39 is 0 Å². The maximum absolute atomic E-state index is 12.8. The zero-order chi connectivity index (χ0) is 23.2. The zero-order valence-corrected chi connectivity index (χ0v) is 18.6. The van der Waals surface area contributed by atoms with Gasteiger partial charge in [-0.15, -0.1) is 0 Å². The highest BCUT2D eigenvalue weighted by Crippen LogP contribution is 2.32. The minimum Gasteiger partial charge on any atom is -0.493 e. The van der Waals surface area contributed by atoms with Gasteiger partial charge in [-0.05, 0) is 66.9 Å². The number of aryl methyl sites for hydroxylation is 2. The summed E-state index contributed by atoms with van der Waals surface area (Å²) in [7, 11) is 0. The predicted octanol–water partition coefficient (Wildman–Crippen LogP) is 4.37. The predicted molar refractivity (Wildman–Crippen MR) is 125 cm³/mol. The third kappa shape index (κ3) is 5.63. The fourth-order valence-electron chi connectivity index (χ4n) is 3.40. The number of rotatable bonds is 8. The van der Waals surface area contributed by atoms with E-state index in [0.29, 0.717) is 29.3 Å². The van der Waals surface area contributed by atoms with Crippen molar-refractivity contribution in [2.24, 2.45) is 0 Å². The van der Waals surface area contributed by atoms with Gasteiger partial charge in [-0.3, -0.25) is 9.59 Å². The van der Waals surface area contributed by atoms with E-state index in [-0.39, 0.29) is 31.6 Å². The van der Waals surface area contributed by atoms with Gasteiger partial charge in [-0.1, -0.05) is 24.3 Å². The van der Waals surface area contributed by atoms with Crippen molar-refractivity contribution in [2.75, 3.05) is 18.7 Å². The molecule has 0 saturated carbocycles. The molecule has 0 aromatic heterocycles. The van der Waals surface area contributed by atoms with Crippen molar-refractivity contribution in [2.45, 2.75) is 26.8 Å². The van der Waals surface area contributed by atoms with Crippen LogP contribution in [-0.4, -0.2) is 25.2 Å². The van der Waals surface area contributed by atoms with Gasteiger partial charge in [-0.2, -0.15) is 0 Å². The molecule has 3 aromatic rings. The van der Waals surface area contributed by atoms with Crippen LogP contribution in [-0.2, 0) is 11.3 Å². The van der Waals surface area contributed by atoms with E-state index in [9.17, 15) is 9.59 Å². The SMILES string of the molecule is Cc1ccc(OCCC(=O)Nc2ccccc2C(=O)NCc2ccc3c(c2)OCO3)cc1C. The Kier molecular flexibility index (Phi) is 6.78. The number of ether oxygens (including phenoxy) is 3. The van der Waals surface area contributed by atoms with Crippen LogP contribution in [0.3, 0.4) is 0 Å². The molecule has 0 atom stereocenters. The van der Waals surface area contributed by atoms with Crippen molar-refractivity contribution in [3.05, 3.63) is 82.9 Å². The molecule has 7 heteroatoms. The Labute approximate surface area is 192 Å². The molecular formula is C26H26N2O5. The summed E-state index contributed by atoms with van der Waals surface area (Å²) in [5.74, 6) is 1.58. The number of amides is 2. The number of hydrogen-bond donors (Lipinski definition) is 2. The molecule has 7 nitrogen and oxygen atoms in total. The molecule has 33 heavy (non-hydrogen) atoms. The highest BCUT2D eigenvalue weighted by atomic mass is 16.7. The average molecular weight is 447 g/mol. The first-order valence-corrected chi connectivity index (χ1v) is 10.8. The normalized spacial score (nSPS) is 11.7. The number of fused-ring (bicyclic) bond motifs is 1. The zero-order valence-electron chi connectivity index (χ0n) is 18.6. The van der Waals surface area contributed by atoms with Gasteiger partial charge in [0.25, 0.3) is 5.91 Å². The Balaban J connectivity index is 1.31. The summed E-state index contributed by atoms with van der Waals surface area (Å²) in [5, 5.41) is 5.70. The third-order valence-corrected chi connectivity index (χ3v) is 5.41. The van der Waals surface area contributed by atoms with Crippen LogP contribution in [0.5, 0.6) is 17.2 Å². The van der Waals surface area contributed by atoms with Crippen LogP contribution >= 0.6 is 0 Å². The third-order valence-electron chi connectivity index (χ3n) is 5.41. The van der Waals surface area contributed by atoms with E-state index in [1.54, 1.807) is 24.3 Å². The second-order valence-electron chi connectivity index (χ2n) is 7.81. The van der Waals surface area contributed by atoms with E-state index in [1.165, 1.54) is 5.56 Å². The minimum atomic E-state index is -0.282. The summed E-state index contributed by atoms with van der Waals surface area (Å²) in [4.78, 5) is 25.2. The van der Waals surface area contributed by atoms with E-state index in [2.05, 4.69) is 10.6 Å². The van der Waals surface area contributed by atoms with Crippen LogP contribution in [0.2, 0.25) is 0 Å². The number of anilines is 1. The highest BCUT2D eigenvalue weighted by molar-refractivity contribution is 6.03. The van der Waals surface area contributed by atoms with Gasteiger partial charge < -0.3 is 24.8 Å². The highest BCUT2D eigenvalue weighted by Gasteiger charge is 2.15. The maximum atomic E-state index is 12.8. The Morgan fingerprint density at radius 3 is 2.61 bits per heavy atom. The Morgan fingerprint density at radius 1 is 0.939 bits per heavy atom. The Hall–Kier alpha value is -4.00. The number of nitrogens with one attached hydrogen (secondary N) is 2. The molecule has 0 spiro atoms. The standard InChI is InChI=1S/C26H26N2O5/c1-17-7-9-20(13-18(17)2)31-12-11-25(29)28-22-6-4-3-5-21(22)26(30)27-15-19-8-10-23-24(14-19)33-16-32-23/h3-10,13-14H,11-12,15-16H2,1-2H3,(H,27,30)(H,28,29). The molecule has 0 bridgehead atoms. The number of carbonyl (C=O) groups excluding carboxylic acids is 2. The summed E-state index contributed by atoms with van der Waals surface area (Å²) < 4.78 is 16.4. The molecule has 0 radical (unpaired) electrons. The van der Waals surface area contributed by atoms with Gasteiger partial charge in [0.05, 0.1) is 24.3 Å². The van der Waals surface area contributed by atoms with Crippen molar-refractivity contribution in [3.8, 4) is 17.2 Å². The second-order valence-corrected chi connectivity index (χ2v) is 7.81. The molecule has 2 N–H and O–H groups in total. The van der Waals surface area contributed by atoms with Gasteiger partial charge in [-0.25, -0.2) is 0 Å². The molecule has 170 valence electrons. The fourth-order valence-corrected chi connectivity index (χ4v) is 3.40. The summed E-state index contributed by atoms with van der Waals surface area (Å²) in [6.45, 7) is 4.82. The van der Waals surface area contributed by atoms with Gasteiger partial charge in [0.15, 0.2) is 11.5 Å². The van der Waals surface area contributed by atoms with Crippen molar-refractivity contribution in [3.63, 3.8) is 0 Å². The van der Waals surface area contributed by atoms with Crippen molar-refractivity contribution >= 4 is 17.5 Å². The van der Waals surface area contributed by atoms with Crippen LogP contribution in [0.15, 0.2) is 60.7 Å². The van der Waals surface area contributed by atoms with Gasteiger partial charge in [0.2, 0.25) is 12.7 Å². The summed E-state index contributed by atoms with van der Waals surface area (Å²) >= 11 is 0. The Morgan fingerprint density at radius 2 is 1.76 bits per heavy atom. The molecular weight excluding hydrogens is 420 g/mol. The number of carbonyl (C=O) groups is 2. The fraction of sp³-hybridized carbons (Fsp3) is 0.231. The minimum absolute atomic E-state index is 0.167. The molecule has 0 fully saturated rings. The number of para-hydroxylation sites is 1. The lowest BCUT2D eigenvalue weighted by Crippen LogP contribution is -2.25. The molecule has 1 aliphatic heterocycles. The molecule has 2 amide bonds. The van der Waals surface area contributed by atoms with Crippen molar-refractivity contribution < 1.29 is 23.8 Å². The molecule has 0 aliphatic carbocycles. The first-order valence-electron chi connectivity index (χ1n) is 10.8. The van der Waals surface area contributed by atoms with Crippen LogP contribution in [0.25, 0.3) is 0 Å². The number of hydrogen-bond acceptors (Lipinski definition) is 5. The van der Waals surface area contributed by atoms with Crippen LogP contribution in [0.4, 0.5) is 5.69 Å². The van der Waals surface area contributed by atoms with E-state index in [4.69, 9.17) is 14.2 Å².